The summed E-state index contributed by atoms with van der Waals surface area (Å²) in [5, 5.41) is 26.2. The fourth-order valence-electron chi connectivity index (χ4n) is 0.971. The van der Waals surface area contributed by atoms with E-state index in [1.807, 2.05) is 18.2 Å². The zero-order chi connectivity index (χ0) is 10.4. The lowest BCUT2D eigenvalue weighted by molar-refractivity contribution is 0.271. The molecule has 0 aromatic heterocycles. The van der Waals surface area contributed by atoms with Gasteiger partial charge in [0.15, 0.2) is 6.10 Å². The van der Waals surface area contributed by atoms with Crippen molar-refractivity contribution in [3.05, 3.63) is 41.5 Å². The van der Waals surface area contributed by atoms with Gasteiger partial charge in [-0.3, -0.25) is 0 Å². The number of hydrogen-bond donors (Lipinski definition) is 1. The number of aliphatic hydroxyl groups is 1. The van der Waals surface area contributed by atoms with Gasteiger partial charge in [-0.25, -0.2) is 0 Å². The smallest absolute Gasteiger partial charge is 0.175 e. The summed E-state index contributed by atoms with van der Waals surface area (Å²) in [4.78, 5) is 0. The topological polar surface area (TPSA) is 67.8 Å². The van der Waals surface area contributed by atoms with E-state index < -0.39 is 6.10 Å². The van der Waals surface area contributed by atoms with E-state index in [0.717, 1.165) is 5.56 Å². The Hall–Kier alpha value is -2.10. The molecule has 14 heavy (non-hydrogen) atoms. The summed E-state index contributed by atoms with van der Waals surface area (Å²) in [5.41, 5.74) is 0.844. The van der Waals surface area contributed by atoms with Crippen molar-refractivity contribution in [2.75, 3.05) is 0 Å². The molecule has 1 unspecified atom stereocenters. The van der Waals surface area contributed by atoms with E-state index in [-0.39, 0.29) is 5.57 Å². The second kappa shape index (κ2) is 4.81. The molecule has 3 heteroatoms. The summed E-state index contributed by atoms with van der Waals surface area (Å²) in [5.74, 6) is 0. The van der Waals surface area contributed by atoms with E-state index in [1.54, 1.807) is 24.3 Å². The van der Waals surface area contributed by atoms with Crippen LogP contribution in [-0.4, -0.2) is 11.2 Å². The first-order valence-electron chi connectivity index (χ1n) is 4.02. The van der Waals surface area contributed by atoms with Crippen LogP contribution in [0.25, 0.3) is 6.08 Å². The van der Waals surface area contributed by atoms with Crippen molar-refractivity contribution in [1.82, 2.24) is 0 Å². The minimum atomic E-state index is -1.35. The van der Waals surface area contributed by atoms with Gasteiger partial charge >= 0.3 is 0 Å². The van der Waals surface area contributed by atoms with Crippen molar-refractivity contribution >= 4 is 6.08 Å². The standard InChI is InChI=1S/C11H8N2O/c12-7-10(11(14)8-13)6-9-4-2-1-3-5-9/h1-6,11,14H/b10-6-. The molecular formula is C11H8N2O. The molecule has 1 aromatic carbocycles. The molecule has 0 heterocycles. The first-order valence-corrected chi connectivity index (χ1v) is 4.02. The molecule has 3 nitrogen and oxygen atoms in total. The Morgan fingerprint density at radius 3 is 2.43 bits per heavy atom. The summed E-state index contributed by atoms with van der Waals surface area (Å²) in [6.07, 6.45) is 0.147. The maximum Gasteiger partial charge on any atom is 0.175 e. The maximum absolute atomic E-state index is 9.13. The van der Waals surface area contributed by atoms with Crippen molar-refractivity contribution in [1.29, 1.82) is 10.5 Å². The Kier molecular flexibility index (Phi) is 3.43. The predicted molar refractivity (Wildman–Crippen MR) is 51.7 cm³/mol. The van der Waals surface area contributed by atoms with Crippen molar-refractivity contribution in [2.24, 2.45) is 0 Å². The molecule has 0 amide bonds. The summed E-state index contributed by atoms with van der Waals surface area (Å²) < 4.78 is 0. The van der Waals surface area contributed by atoms with Crippen LogP contribution in [0.5, 0.6) is 0 Å². The second-order valence-electron chi connectivity index (χ2n) is 2.65. The first kappa shape index (κ1) is 9.98. The minimum Gasteiger partial charge on any atom is -0.373 e. The van der Waals surface area contributed by atoms with Crippen LogP contribution < -0.4 is 0 Å². The van der Waals surface area contributed by atoms with Crippen LogP contribution in [0, 0.1) is 22.7 Å². The average molecular weight is 184 g/mol. The summed E-state index contributed by atoms with van der Waals surface area (Å²) in [7, 11) is 0. The molecule has 0 aliphatic rings. The highest BCUT2D eigenvalue weighted by Crippen LogP contribution is 2.08. The molecule has 0 spiro atoms. The van der Waals surface area contributed by atoms with Crippen LogP contribution in [0.3, 0.4) is 0 Å². The molecule has 0 radical (unpaired) electrons. The van der Waals surface area contributed by atoms with Gasteiger partial charge in [-0.1, -0.05) is 30.3 Å². The summed E-state index contributed by atoms with van der Waals surface area (Å²) in [6, 6.07) is 12.5. The molecular weight excluding hydrogens is 176 g/mol. The number of rotatable bonds is 2. The van der Waals surface area contributed by atoms with Gasteiger partial charge in [0.2, 0.25) is 0 Å². The van der Waals surface area contributed by atoms with Crippen LogP contribution in [0.4, 0.5) is 0 Å². The van der Waals surface area contributed by atoms with Gasteiger partial charge in [0, 0.05) is 0 Å². The Morgan fingerprint density at radius 2 is 1.93 bits per heavy atom. The highest BCUT2D eigenvalue weighted by atomic mass is 16.3. The van der Waals surface area contributed by atoms with Gasteiger partial charge < -0.3 is 5.11 Å². The van der Waals surface area contributed by atoms with E-state index in [1.165, 1.54) is 6.08 Å². The fraction of sp³-hybridized carbons (Fsp3) is 0.0909. The molecule has 1 N–H and O–H groups in total. The van der Waals surface area contributed by atoms with Crippen LogP contribution in [0.1, 0.15) is 5.56 Å². The van der Waals surface area contributed by atoms with Crippen LogP contribution >= 0.6 is 0 Å². The zero-order valence-corrected chi connectivity index (χ0v) is 7.38. The lowest BCUT2D eigenvalue weighted by Crippen LogP contribution is -2.04. The normalized spacial score (nSPS) is 12.6. The molecule has 1 aromatic rings. The molecule has 1 atom stereocenters. The number of nitrogens with zero attached hydrogens (tertiary/aromatic N) is 2. The van der Waals surface area contributed by atoms with E-state index in [0.29, 0.717) is 0 Å². The molecule has 0 saturated carbocycles. The van der Waals surface area contributed by atoms with E-state index in [2.05, 4.69) is 0 Å². The number of benzene rings is 1. The molecule has 1 rings (SSSR count). The van der Waals surface area contributed by atoms with Gasteiger partial charge in [-0.15, -0.1) is 0 Å². The predicted octanol–water partition coefficient (Wildman–Crippen LogP) is 1.48. The van der Waals surface area contributed by atoms with E-state index in [4.69, 9.17) is 15.6 Å². The van der Waals surface area contributed by atoms with E-state index >= 15 is 0 Å². The lowest BCUT2D eigenvalue weighted by Gasteiger charge is -1.98. The van der Waals surface area contributed by atoms with Crippen LogP contribution in [0.2, 0.25) is 0 Å². The third-order valence-electron chi connectivity index (χ3n) is 1.67. The van der Waals surface area contributed by atoms with Crippen molar-refractivity contribution in [2.45, 2.75) is 6.10 Å². The molecule has 0 aliphatic carbocycles. The molecule has 68 valence electrons. The number of hydrogen-bond acceptors (Lipinski definition) is 3. The number of nitriles is 2. The van der Waals surface area contributed by atoms with Gasteiger partial charge in [0.25, 0.3) is 0 Å². The highest BCUT2D eigenvalue weighted by Gasteiger charge is 2.07. The Labute approximate surface area is 82.1 Å². The minimum absolute atomic E-state index is 0.0544. The SMILES string of the molecule is N#C/C(=C/c1ccccc1)C(O)C#N. The summed E-state index contributed by atoms with van der Waals surface area (Å²) >= 11 is 0. The van der Waals surface area contributed by atoms with Crippen molar-refractivity contribution < 1.29 is 5.11 Å². The van der Waals surface area contributed by atoms with Crippen LogP contribution in [0.15, 0.2) is 35.9 Å². The van der Waals surface area contributed by atoms with E-state index in [9.17, 15) is 0 Å². The van der Waals surface area contributed by atoms with Gasteiger partial charge in [0.05, 0.1) is 17.7 Å². The molecule has 0 bridgehead atoms. The van der Waals surface area contributed by atoms with Crippen LogP contribution in [-0.2, 0) is 0 Å². The summed E-state index contributed by atoms with van der Waals surface area (Å²) in [6.45, 7) is 0. The Bertz CT molecular complexity index is 409. The van der Waals surface area contributed by atoms with Gasteiger partial charge in [-0.2, -0.15) is 10.5 Å². The zero-order valence-electron chi connectivity index (χ0n) is 7.38. The second-order valence-corrected chi connectivity index (χ2v) is 2.65. The van der Waals surface area contributed by atoms with Crippen molar-refractivity contribution in [3.63, 3.8) is 0 Å². The van der Waals surface area contributed by atoms with Gasteiger partial charge in [0.1, 0.15) is 0 Å². The Balaban J connectivity index is 2.99. The van der Waals surface area contributed by atoms with Crippen molar-refractivity contribution in [3.8, 4) is 12.1 Å². The monoisotopic (exact) mass is 184 g/mol. The maximum atomic E-state index is 9.13. The lowest BCUT2D eigenvalue weighted by atomic mass is 10.1. The average Bonchev–Trinajstić information content (AvgIpc) is 2.26. The highest BCUT2D eigenvalue weighted by molar-refractivity contribution is 5.59. The van der Waals surface area contributed by atoms with Gasteiger partial charge in [-0.05, 0) is 11.6 Å². The largest absolute Gasteiger partial charge is 0.373 e. The molecule has 0 aliphatic heterocycles. The number of aliphatic hydroxyl groups excluding tert-OH is 1. The third-order valence-corrected chi connectivity index (χ3v) is 1.67. The fourth-order valence-corrected chi connectivity index (χ4v) is 0.971. The third kappa shape index (κ3) is 2.45. The quantitative estimate of drug-likeness (QED) is 0.559. The first-order chi connectivity index (χ1) is 6.77. The molecule has 0 saturated heterocycles. The Morgan fingerprint density at radius 1 is 1.29 bits per heavy atom. The molecule has 0 fully saturated rings.